The molecule has 1 aliphatic rings. The second kappa shape index (κ2) is 5.84. The van der Waals surface area contributed by atoms with E-state index in [-0.39, 0.29) is 6.10 Å². The molecule has 0 spiro atoms. The minimum absolute atomic E-state index is 0.193. The number of likely N-dealkylation sites (N-methyl/N-ethyl adjacent to an activating group) is 1. The van der Waals surface area contributed by atoms with E-state index in [9.17, 15) is 0 Å². The molecule has 0 radical (unpaired) electrons. The van der Waals surface area contributed by atoms with E-state index in [1.54, 1.807) is 0 Å². The zero-order valence-electron chi connectivity index (χ0n) is 9.36. The molecule has 1 saturated heterocycles. The zero-order chi connectivity index (χ0) is 11.4. The van der Waals surface area contributed by atoms with Crippen molar-refractivity contribution in [3.05, 3.63) is 27.8 Å². The largest absolute Gasteiger partial charge is 0.491 e. The molecule has 0 N–H and O–H groups in total. The lowest BCUT2D eigenvalue weighted by atomic mass is 10.3. The fourth-order valence-electron chi connectivity index (χ4n) is 1.69. The van der Waals surface area contributed by atoms with Gasteiger partial charge in [-0.2, -0.15) is 0 Å². The van der Waals surface area contributed by atoms with Crippen molar-refractivity contribution in [2.45, 2.75) is 6.10 Å². The van der Waals surface area contributed by atoms with Crippen LogP contribution < -0.4 is 4.74 Å². The van der Waals surface area contributed by atoms with E-state index >= 15 is 0 Å². The SMILES string of the molecule is CN1CCOC(COc2ccc(I)cc2)C1. The Labute approximate surface area is 110 Å². The Bertz CT molecular complexity index is 328. The van der Waals surface area contributed by atoms with Crippen molar-refractivity contribution in [3.8, 4) is 5.75 Å². The first-order chi connectivity index (χ1) is 7.74. The van der Waals surface area contributed by atoms with Crippen LogP contribution in [0.25, 0.3) is 0 Å². The van der Waals surface area contributed by atoms with Gasteiger partial charge in [0.25, 0.3) is 0 Å². The summed E-state index contributed by atoms with van der Waals surface area (Å²) in [4.78, 5) is 2.27. The molecule has 0 aromatic heterocycles. The van der Waals surface area contributed by atoms with Gasteiger partial charge in [0, 0.05) is 16.7 Å². The van der Waals surface area contributed by atoms with E-state index in [0.29, 0.717) is 6.61 Å². The first-order valence-electron chi connectivity index (χ1n) is 5.42. The summed E-state index contributed by atoms with van der Waals surface area (Å²) in [7, 11) is 2.11. The van der Waals surface area contributed by atoms with Crippen LogP contribution >= 0.6 is 22.6 Å². The number of rotatable bonds is 3. The molecule has 0 saturated carbocycles. The smallest absolute Gasteiger partial charge is 0.119 e. The Hall–Kier alpha value is -0.330. The number of hydrogen-bond donors (Lipinski definition) is 0. The lowest BCUT2D eigenvalue weighted by molar-refractivity contribution is -0.0403. The Balaban J connectivity index is 1.80. The molecular weight excluding hydrogens is 317 g/mol. The topological polar surface area (TPSA) is 21.7 Å². The third-order valence-electron chi connectivity index (χ3n) is 2.59. The molecule has 1 aromatic carbocycles. The minimum Gasteiger partial charge on any atom is -0.491 e. The standard InChI is InChI=1S/C12H16INO2/c1-14-6-7-15-12(8-14)9-16-11-4-2-10(13)3-5-11/h2-5,12H,6-9H2,1H3. The van der Waals surface area contributed by atoms with Gasteiger partial charge in [-0.15, -0.1) is 0 Å². The number of halogens is 1. The number of hydrogen-bond acceptors (Lipinski definition) is 3. The van der Waals surface area contributed by atoms with E-state index in [1.165, 1.54) is 3.57 Å². The molecule has 2 rings (SSSR count). The summed E-state index contributed by atoms with van der Waals surface area (Å²) in [6.07, 6.45) is 0.193. The van der Waals surface area contributed by atoms with Crippen LogP contribution in [0.15, 0.2) is 24.3 Å². The van der Waals surface area contributed by atoms with Gasteiger partial charge in [0.15, 0.2) is 0 Å². The van der Waals surface area contributed by atoms with Crippen LogP contribution in [0.2, 0.25) is 0 Å². The molecule has 1 unspecified atom stereocenters. The molecule has 4 heteroatoms. The predicted molar refractivity (Wildman–Crippen MR) is 71.9 cm³/mol. The number of nitrogens with zero attached hydrogens (tertiary/aromatic N) is 1. The molecular formula is C12H16INO2. The highest BCUT2D eigenvalue weighted by Crippen LogP contribution is 2.14. The molecule has 0 aliphatic carbocycles. The third-order valence-corrected chi connectivity index (χ3v) is 3.31. The van der Waals surface area contributed by atoms with E-state index in [2.05, 4.69) is 34.5 Å². The third kappa shape index (κ3) is 3.61. The van der Waals surface area contributed by atoms with Gasteiger partial charge in [-0.3, -0.25) is 0 Å². The second-order valence-electron chi connectivity index (χ2n) is 4.02. The van der Waals surface area contributed by atoms with Gasteiger partial charge in [0.1, 0.15) is 18.5 Å². The summed E-state index contributed by atoms with van der Waals surface area (Å²) in [6.45, 7) is 3.40. The Kier molecular flexibility index (Phi) is 4.43. The summed E-state index contributed by atoms with van der Waals surface area (Å²) in [6, 6.07) is 8.08. The van der Waals surface area contributed by atoms with Crippen LogP contribution in [-0.4, -0.2) is 44.4 Å². The molecule has 1 aromatic rings. The van der Waals surface area contributed by atoms with Gasteiger partial charge in [-0.1, -0.05) is 0 Å². The van der Waals surface area contributed by atoms with E-state index in [4.69, 9.17) is 9.47 Å². The van der Waals surface area contributed by atoms with Crippen LogP contribution in [0.4, 0.5) is 0 Å². The number of morpholine rings is 1. The van der Waals surface area contributed by atoms with Crippen molar-refractivity contribution in [2.75, 3.05) is 33.4 Å². The Morgan fingerprint density at radius 1 is 1.44 bits per heavy atom. The minimum atomic E-state index is 0.193. The fourth-order valence-corrected chi connectivity index (χ4v) is 2.05. The van der Waals surface area contributed by atoms with Crippen molar-refractivity contribution in [1.29, 1.82) is 0 Å². The molecule has 88 valence electrons. The first-order valence-corrected chi connectivity index (χ1v) is 6.50. The highest BCUT2D eigenvalue weighted by atomic mass is 127. The van der Waals surface area contributed by atoms with Crippen LogP contribution in [0, 0.1) is 3.57 Å². The average molecular weight is 333 g/mol. The fraction of sp³-hybridized carbons (Fsp3) is 0.500. The van der Waals surface area contributed by atoms with Gasteiger partial charge < -0.3 is 14.4 Å². The van der Waals surface area contributed by atoms with Gasteiger partial charge in [0.2, 0.25) is 0 Å². The highest BCUT2D eigenvalue weighted by molar-refractivity contribution is 14.1. The zero-order valence-corrected chi connectivity index (χ0v) is 11.5. The summed E-state index contributed by atoms with van der Waals surface area (Å²) < 4.78 is 12.5. The predicted octanol–water partition coefficient (Wildman–Crippen LogP) is 2.00. The van der Waals surface area contributed by atoms with Gasteiger partial charge >= 0.3 is 0 Å². The summed E-state index contributed by atoms with van der Waals surface area (Å²) >= 11 is 2.28. The summed E-state index contributed by atoms with van der Waals surface area (Å²) in [5, 5.41) is 0. The van der Waals surface area contributed by atoms with Crippen molar-refractivity contribution in [2.24, 2.45) is 0 Å². The molecule has 0 bridgehead atoms. The second-order valence-corrected chi connectivity index (χ2v) is 5.27. The molecule has 16 heavy (non-hydrogen) atoms. The molecule has 1 fully saturated rings. The van der Waals surface area contributed by atoms with Crippen molar-refractivity contribution >= 4 is 22.6 Å². The van der Waals surface area contributed by atoms with Gasteiger partial charge in [0.05, 0.1) is 6.61 Å². The molecule has 0 amide bonds. The highest BCUT2D eigenvalue weighted by Gasteiger charge is 2.17. The number of ether oxygens (including phenoxy) is 2. The summed E-state index contributed by atoms with van der Waals surface area (Å²) in [5.74, 6) is 0.914. The van der Waals surface area contributed by atoms with E-state index in [0.717, 1.165) is 25.4 Å². The normalized spacial score (nSPS) is 22.0. The van der Waals surface area contributed by atoms with Gasteiger partial charge in [-0.05, 0) is 53.9 Å². The van der Waals surface area contributed by atoms with E-state index < -0.39 is 0 Å². The Morgan fingerprint density at radius 3 is 2.88 bits per heavy atom. The van der Waals surface area contributed by atoms with Crippen LogP contribution in [0.3, 0.4) is 0 Å². The average Bonchev–Trinajstić information content (AvgIpc) is 2.28. The van der Waals surface area contributed by atoms with E-state index in [1.807, 2.05) is 24.3 Å². The molecule has 1 heterocycles. The van der Waals surface area contributed by atoms with Crippen molar-refractivity contribution in [1.82, 2.24) is 4.90 Å². The monoisotopic (exact) mass is 333 g/mol. The van der Waals surface area contributed by atoms with Crippen molar-refractivity contribution in [3.63, 3.8) is 0 Å². The molecule has 1 aliphatic heterocycles. The maximum absolute atomic E-state index is 5.69. The maximum Gasteiger partial charge on any atom is 0.119 e. The Morgan fingerprint density at radius 2 is 2.19 bits per heavy atom. The molecule has 3 nitrogen and oxygen atoms in total. The quantitative estimate of drug-likeness (QED) is 0.790. The van der Waals surface area contributed by atoms with Crippen molar-refractivity contribution < 1.29 is 9.47 Å². The van der Waals surface area contributed by atoms with Crippen LogP contribution in [0.1, 0.15) is 0 Å². The lowest BCUT2D eigenvalue weighted by Gasteiger charge is -2.29. The van der Waals surface area contributed by atoms with Gasteiger partial charge in [-0.25, -0.2) is 0 Å². The maximum atomic E-state index is 5.69. The summed E-state index contributed by atoms with van der Waals surface area (Å²) in [5.41, 5.74) is 0. The first kappa shape index (κ1) is 12.1. The van der Waals surface area contributed by atoms with Crippen LogP contribution in [-0.2, 0) is 4.74 Å². The van der Waals surface area contributed by atoms with Crippen LogP contribution in [0.5, 0.6) is 5.75 Å². The lowest BCUT2D eigenvalue weighted by Crippen LogP contribution is -2.42. The molecule has 1 atom stereocenters. The number of benzene rings is 1.